The summed E-state index contributed by atoms with van der Waals surface area (Å²) in [6.07, 6.45) is 1.48. The van der Waals surface area contributed by atoms with Crippen LogP contribution in [0, 0.1) is 0 Å². The Balaban J connectivity index is 1.87. The van der Waals surface area contributed by atoms with Gasteiger partial charge < -0.3 is 19.5 Å². The number of carbonyl (C=O) groups excluding carboxylic acids is 2. The lowest BCUT2D eigenvalue weighted by Crippen LogP contribution is -2.34. The third kappa shape index (κ3) is 6.03. The zero-order valence-corrected chi connectivity index (χ0v) is 15.3. The van der Waals surface area contributed by atoms with Gasteiger partial charge in [0, 0.05) is 11.6 Å². The first-order valence-electron chi connectivity index (χ1n) is 8.03. The van der Waals surface area contributed by atoms with Crippen molar-refractivity contribution < 1.29 is 23.8 Å². The summed E-state index contributed by atoms with van der Waals surface area (Å²) in [6, 6.07) is 12.0. The predicted molar refractivity (Wildman–Crippen MR) is 101 cm³/mol. The van der Waals surface area contributed by atoms with E-state index >= 15 is 0 Å². The van der Waals surface area contributed by atoms with Crippen molar-refractivity contribution in [2.75, 3.05) is 27.9 Å². The third-order valence-electron chi connectivity index (χ3n) is 3.52. The van der Waals surface area contributed by atoms with Gasteiger partial charge in [-0.15, -0.1) is 0 Å². The van der Waals surface area contributed by atoms with E-state index < -0.39 is 11.8 Å². The second-order valence-corrected chi connectivity index (χ2v) is 5.35. The van der Waals surface area contributed by atoms with E-state index in [1.54, 1.807) is 37.4 Å². The minimum absolute atomic E-state index is 0.228. The summed E-state index contributed by atoms with van der Waals surface area (Å²) in [5, 5.41) is 6.36. The molecule has 0 saturated carbocycles. The van der Waals surface area contributed by atoms with Gasteiger partial charge in [0.05, 0.1) is 34.1 Å². The lowest BCUT2D eigenvalue weighted by molar-refractivity contribution is -0.120. The second kappa shape index (κ2) is 9.81. The van der Waals surface area contributed by atoms with Crippen LogP contribution in [0.4, 0.5) is 0 Å². The van der Waals surface area contributed by atoms with E-state index in [2.05, 4.69) is 15.8 Å². The third-order valence-corrected chi connectivity index (χ3v) is 3.52. The summed E-state index contributed by atoms with van der Waals surface area (Å²) < 4.78 is 15.3. The Hall–Kier alpha value is -3.55. The largest absolute Gasteiger partial charge is 0.497 e. The fourth-order valence-electron chi connectivity index (χ4n) is 2.14. The predicted octanol–water partition coefficient (Wildman–Crippen LogP) is 1.59. The van der Waals surface area contributed by atoms with Crippen LogP contribution in [0.15, 0.2) is 47.6 Å². The number of amides is 2. The van der Waals surface area contributed by atoms with E-state index in [1.807, 2.05) is 12.1 Å². The Morgan fingerprint density at radius 1 is 0.963 bits per heavy atom. The normalized spacial score (nSPS) is 10.3. The first-order valence-corrected chi connectivity index (χ1v) is 8.03. The van der Waals surface area contributed by atoms with E-state index in [9.17, 15) is 9.59 Å². The summed E-state index contributed by atoms with van der Waals surface area (Å²) >= 11 is 0. The van der Waals surface area contributed by atoms with E-state index in [4.69, 9.17) is 14.2 Å². The lowest BCUT2D eigenvalue weighted by atomic mass is 10.2. The van der Waals surface area contributed by atoms with E-state index in [-0.39, 0.29) is 6.54 Å². The zero-order chi connectivity index (χ0) is 19.6. The van der Waals surface area contributed by atoms with Crippen LogP contribution in [0.25, 0.3) is 0 Å². The number of hydrogen-bond acceptors (Lipinski definition) is 6. The van der Waals surface area contributed by atoms with Crippen molar-refractivity contribution in [1.29, 1.82) is 0 Å². The van der Waals surface area contributed by atoms with Gasteiger partial charge >= 0.3 is 0 Å². The number of methoxy groups -OCH3 is 3. The standard InChI is InChI=1S/C19H21N3O5/c1-25-15-6-4-5-13(7-15)11-21-22-18(23)12-20-19(24)14-8-16(26-2)10-17(9-14)27-3/h4-11H,12H2,1-3H3,(H,20,24)(H,22,23)/b21-11-. The van der Waals surface area contributed by atoms with Crippen molar-refractivity contribution in [3.63, 3.8) is 0 Å². The average Bonchev–Trinajstić information content (AvgIpc) is 2.71. The highest BCUT2D eigenvalue weighted by molar-refractivity contribution is 5.97. The highest BCUT2D eigenvalue weighted by Crippen LogP contribution is 2.22. The van der Waals surface area contributed by atoms with Crippen molar-refractivity contribution in [3.8, 4) is 17.2 Å². The number of carbonyl (C=O) groups is 2. The van der Waals surface area contributed by atoms with Crippen LogP contribution in [0.3, 0.4) is 0 Å². The summed E-state index contributed by atoms with van der Waals surface area (Å²) in [4.78, 5) is 24.0. The summed E-state index contributed by atoms with van der Waals surface area (Å²) in [6.45, 7) is -0.228. The molecule has 0 aliphatic carbocycles. The molecule has 8 nitrogen and oxygen atoms in total. The van der Waals surface area contributed by atoms with Crippen molar-refractivity contribution in [2.45, 2.75) is 0 Å². The molecule has 0 unspecified atom stereocenters. The molecule has 0 fully saturated rings. The van der Waals surface area contributed by atoms with Gasteiger partial charge in [-0.3, -0.25) is 9.59 Å². The van der Waals surface area contributed by atoms with Crippen molar-refractivity contribution in [3.05, 3.63) is 53.6 Å². The quantitative estimate of drug-likeness (QED) is 0.542. The van der Waals surface area contributed by atoms with E-state index in [0.717, 1.165) is 5.56 Å². The molecule has 0 saturated heterocycles. The van der Waals surface area contributed by atoms with Crippen LogP contribution in [0.2, 0.25) is 0 Å². The van der Waals surface area contributed by atoms with Crippen LogP contribution in [0.1, 0.15) is 15.9 Å². The number of ether oxygens (including phenoxy) is 3. The molecule has 2 N–H and O–H groups in total. The maximum Gasteiger partial charge on any atom is 0.259 e. The van der Waals surface area contributed by atoms with Crippen molar-refractivity contribution >= 4 is 18.0 Å². The van der Waals surface area contributed by atoms with Crippen molar-refractivity contribution in [1.82, 2.24) is 10.7 Å². The maximum atomic E-state index is 12.2. The van der Waals surface area contributed by atoms with Crippen LogP contribution in [-0.4, -0.2) is 45.9 Å². The van der Waals surface area contributed by atoms with E-state index in [0.29, 0.717) is 22.8 Å². The van der Waals surface area contributed by atoms with Crippen molar-refractivity contribution in [2.24, 2.45) is 5.10 Å². The second-order valence-electron chi connectivity index (χ2n) is 5.35. The van der Waals surface area contributed by atoms with Crippen LogP contribution < -0.4 is 25.0 Å². The molecule has 0 heterocycles. The first-order chi connectivity index (χ1) is 13.0. The minimum atomic E-state index is -0.461. The Morgan fingerprint density at radius 3 is 2.26 bits per heavy atom. The topological polar surface area (TPSA) is 98.2 Å². The van der Waals surface area contributed by atoms with Gasteiger partial charge in [-0.2, -0.15) is 5.10 Å². The molecule has 2 rings (SSSR count). The van der Waals surface area contributed by atoms with Gasteiger partial charge in [0.15, 0.2) is 0 Å². The molecule has 0 spiro atoms. The van der Waals surface area contributed by atoms with Gasteiger partial charge in [-0.05, 0) is 29.8 Å². The molecule has 2 aromatic carbocycles. The molecule has 27 heavy (non-hydrogen) atoms. The Kier molecular flexibility index (Phi) is 7.18. The first kappa shape index (κ1) is 19.8. The number of rotatable bonds is 8. The summed E-state index contributed by atoms with van der Waals surface area (Å²) in [7, 11) is 4.55. The Bertz CT molecular complexity index is 814. The molecular weight excluding hydrogens is 350 g/mol. The highest BCUT2D eigenvalue weighted by atomic mass is 16.5. The molecule has 142 valence electrons. The summed E-state index contributed by atoms with van der Waals surface area (Å²) in [5.74, 6) is 0.751. The molecular formula is C19H21N3O5. The SMILES string of the molecule is COc1cccc(/C=N\NC(=O)CNC(=O)c2cc(OC)cc(OC)c2)c1. The van der Waals surface area contributed by atoms with Crippen LogP contribution >= 0.6 is 0 Å². The van der Waals surface area contributed by atoms with Gasteiger partial charge in [0.1, 0.15) is 17.2 Å². The number of nitrogens with one attached hydrogen (secondary N) is 2. The average molecular weight is 371 g/mol. The fourth-order valence-corrected chi connectivity index (χ4v) is 2.14. The smallest absolute Gasteiger partial charge is 0.259 e. The molecule has 0 bridgehead atoms. The molecule has 2 aromatic rings. The Morgan fingerprint density at radius 2 is 1.63 bits per heavy atom. The molecule has 0 aliphatic rings. The maximum absolute atomic E-state index is 12.2. The highest BCUT2D eigenvalue weighted by Gasteiger charge is 2.11. The molecule has 0 aliphatic heterocycles. The summed E-state index contributed by atoms with van der Waals surface area (Å²) in [5.41, 5.74) is 3.43. The zero-order valence-electron chi connectivity index (χ0n) is 15.3. The molecule has 0 atom stereocenters. The number of hydrogen-bond donors (Lipinski definition) is 2. The number of nitrogens with zero attached hydrogens (tertiary/aromatic N) is 1. The molecule has 0 aromatic heterocycles. The van der Waals surface area contributed by atoms with Gasteiger partial charge in [-0.1, -0.05) is 12.1 Å². The minimum Gasteiger partial charge on any atom is -0.497 e. The molecule has 0 radical (unpaired) electrons. The molecule has 2 amide bonds. The van der Waals surface area contributed by atoms with Gasteiger partial charge in [0.2, 0.25) is 0 Å². The fraction of sp³-hybridized carbons (Fsp3) is 0.211. The van der Waals surface area contributed by atoms with Crippen LogP contribution in [-0.2, 0) is 4.79 Å². The number of benzene rings is 2. The van der Waals surface area contributed by atoms with E-state index in [1.165, 1.54) is 20.4 Å². The Labute approximate surface area is 157 Å². The monoisotopic (exact) mass is 371 g/mol. The van der Waals surface area contributed by atoms with Gasteiger partial charge in [0.25, 0.3) is 11.8 Å². The number of hydrazone groups is 1. The molecule has 8 heteroatoms. The van der Waals surface area contributed by atoms with Crippen LogP contribution in [0.5, 0.6) is 17.2 Å². The van der Waals surface area contributed by atoms with Gasteiger partial charge in [-0.25, -0.2) is 5.43 Å². The lowest BCUT2D eigenvalue weighted by Gasteiger charge is -2.08.